The molecule has 1 aliphatic heterocycles. The smallest absolute Gasteiger partial charge is 0.351 e. The molecule has 2 rings (SSSR count). The van der Waals surface area contributed by atoms with E-state index in [0.717, 1.165) is 4.57 Å². The zero-order valence-electron chi connectivity index (χ0n) is 11.8. The third-order valence-electron chi connectivity index (χ3n) is 3.45. The van der Waals surface area contributed by atoms with Gasteiger partial charge in [0, 0.05) is 6.20 Å². The number of aromatic nitrogens is 2. The first-order valence-corrected chi connectivity index (χ1v) is 6.52. The molecule has 0 aliphatic carbocycles. The van der Waals surface area contributed by atoms with Crippen molar-refractivity contribution >= 4 is 5.82 Å². The second-order valence-electron chi connectivity index (χ2n) is 5.05. The van der Waals surface area contributed by atoms with Crippen LogP contribution in [0.4, 0.5) is 10.2 Å². The van der Waals surface area contributed by atoms with Crippen molar-refractivity contribution in [2.45, 2.75) is 37.0 Å². The Labute approximate surface area is 125 Å². The van der Waals surface area contributed by atoms with Crippen LogP contribution in [0.15, 0.2) is 17.1 Å². The number of hydrogen-bond donors (Lipinski definition) is 4. The van der Waals surface area contributed by atoms with Crippen LogP contribution >= 0.6 is 0 Å². The monoisotopic (exact) mass is 312 g/mol. The quantitative estimate of drug-likeness (QED) is 0.470. The Morgan fingerprint density at radius 1 is 1.68 bits per heavy atom. The van der Waals surface area contributed by atoms with Crippen LogP contribution in [0.5, 0.6) is 0 Å². The van der Waals surface area contributed by atoms with Crippen molar-refractivity contribution in [3.05, 3.63) is 22.7 Å². The predicted octanol–water partition coefficient (Wildman–Crippen LogP) is -1.86. The van der Waals surface area contributed by atoms with Gasteiger partial charge >= 0.3 is 5.69 Å². The summed E-state index contributed by atoms with van der Waals surface area (Å²) in [5, 5.41) is 20.0. The van der Waals surface area contributed by atoms with Crippen molar-refractivity contribution in [3.8, 4) is 11.8 Å². The van der Waals surface area contributed by atoms with Gasteiger partial charge in [-0.3, -0.25) is 4.57 Å². The van der Waals surface area contributed by atoms with Crippen LogP contribution in [0.2, 0.25) is 0 Å². The lowest BCUT2D eigenvalue weighted by molar-refractivity contribution is -0.0778. The predicted molar refractivity (Wildman–Crippen MR) is 75.2 cm³/mol. The van der Waals surface area contributed by atoms with E-state index < -0.39 is 42.4 Å². The summed E-state index contributed by atoms with van der Waals surface area (Å²) in [7, 11) is 0. The van der Waals surface area contributed by atoms with Gasteiger partial charge in [0.2, 0.25) is 0 Å². The summed E-state index contributed by atoms with van der Waals surface area (Å²) >= 11 is 0. The number of nitrogen functional groups attached to an aromatic ring is 1. The van der Waals surface area contributed by atoms with E-state index in [1.54, 1.807) is 0 Å². The number of anilines is 1. The largest absolute Gasteiger partial charge is 0.391 e. The molecule has 0 aromatic carbocycles. The maximum absolute atomic E-state index is 12.4. The molecule has 1 fully saturated rings. The molecule has 0 amide bonds. The molecular weight excluding hydrogens is 295 g/mol. The molecule has 0 bridgehead atoms. The summed E-state index contributed by atoms with van der Waals surface area (Å²) in [5.41, 5.74) is 8.92. The zero-order valence-corrected chi connectivity index (χ0v) is 11.8. The number of alkyl halides is 1. The second-order valence-corrected chi connectivity index (χ2v) is 5.05. The first-order valence-electron chi connectivity index (χ1n) is 6.52. The molecule has 1 aromatic rings. The summed E-state index contributed by atoms with van der Waals surface area (Å²) in [4.78, 5) is 15.5. The number of aliphatic hydroxyl groups excluding tert-OH is 2. The minimum atomic E-state index is -1.78. The molecule has 1 aliphatic rings. The molecule has 1 unspecified atom stereocenters. The molecule has 22 heavy (non-hydrogen) atoms. The second kappa shape index (κ2) is 6.02. The molecule has 1 aromatic heterocycles. The number of aliphatic hydroxyl groups is 2. The van der Waals surface area contributed by atoms with Gasteiger partial charge < -0.3 is 26.4 Å². The van der Waals surface area contributed by atoms with Gasteiger partial charge in [0.1, 0.15) is 24.7 Å². The summed E-state index contributed by atoms with van der Waals surface area (Å²) in [6.07, 6.45) is -3.56. The molecule has 2 heterocycles. The molecule has 1 saturated heterocycles. The van der Waals surface area contributed by atoms with Crippen LogP contribution in [0, 0.1) is 11.8 Å². The molecule has 5 atom stereocenters. The van der Waals surface area contributed by atoms with Crippen LogP contribution in [0.1, 0.15) is 13.2 Å². The van der Waals surface area contributed by atoms with Gasteiger partial charge in [-0.2, -0.15) is 4.98 Å². The zero-order chi connectivity index (χ0) is 16.5. The lowest BCUT2D eigenvalue weighted by Gasteiger charge is -2.27. The number of hydrogen-bond acceptors (Lipinski definition) is 7. The van der Waals surface area contributed by atoms with Gasteiger partial charge in [-0.05, 0) is 13.0 Å². The van der Waals surface area contributed by atoms with Crippen LogP contribution in [-0.2, 0) is 4.74 Å². The Kier molecular flexibility index (Phi) is 4.48. The summed E-state index contributed by atoms with van der Waals surface area (Å²) in [5.74, 6) is 4.51. The van der Waals surface area contributed by atoms with Gasteiger partial charge in [0.05, 0.1) is 6.10 Å². The maximum atomic E-state index is 12.4. The van der Waals surface area contributed by atoms with Gasteiger partial charge in [0.15, 0.2) is 11.8 Å². The van der Waals surface area contributed by atoms with Gasteiger partial charge in [0.25, 0.3) is 0 Å². The molecule has 120 valence electrons. The van der Waals surface area contributed by atoms with Crippen molar-refractivity contribution in [2.75, 3.05) is 12.4 Å². The first-order chi connectivity index (χ1) is 10.3. The van der Waals surface area contributed by atoms with Gasteiger partial charge in [-0.15, -0.1) is 0 Å². The molecule has 0 radical (unpaired) electrons. The average Bonchev–Trinajstić information content (AvgIpc) is 2.70. The van der Waals surface area contributed by atoms with Crippen LogP contribution < -0.4 is 17.2 Å². The number of nitrogens with two attached hydrogens (primary N) is 2. The molecule has 6 N–H and O–H groups in total. The van der Waals surface area contributed by atoms with Crippen LogP contribution in [-0.4, -0.2) is 50.3 Å². The van der Waals surface area contributed by atoms with Crippen molar-refractivity contribution in [1.82, 2.24) is 9.55 Å². The van der Waals surface area contributed by atoms with Crippen LogP contribution in [0.3, 0.4) is 0 Å². The maximum Gasteiger partial charge on any atom is 0.351 e. The van der Waals surface area contributed by atoms with Gasteiger partial charge in [-0.25, -0.2) is 9.18 Å². The fourth-order valence-electron chi connectivity index (χ4n) is 2.35. The first kappa shape index (κ1) is 16.4. The molecular formula is C13H17FN4O4. The van der Waals surface area contributed by atoms with E-state index in [9.17, 15) is 19.4 Å². The Morgan fingerprint density at radius 3 is 2.91 bits per heavy atom. The lowest BCUT2D eigenvalue weighted by atomic mass is 9.90. The number of halogens is 1. The SMILES string of the molecule is C[C@H](O)[C@H]1O[C@@H](n2ccc(N)nc2=O)C(N)(C#CCF)[C@H]1O. The van der Waals surface area contributed by atoms with E-state index in [1.807, 2.05) is 0 Å². The minimum Gasteiger partial charge on any atom is -0.391 e. The highest BCUT2D eigenvalue weighted by Crippen LogP contribution is 2.37. The van der Waals surface area contributed by atoms with Crippen LogP contribution in [0.25, 0.3) is 0 Å². The highest BCUT2D eigenvalue weighted by molar-refractivity contribution is 5.28. The fraction of sp³-hybridized carbons (Fsp3) is 0.538. The number of rotatable bonds is 2. The summed E-state index contributed by atoms with van der Waals surface area (Å²) < 4.78 is 18.8. The minimum absolute atomic E-state index is 0.00401. The Bertz CT molecular complexity index is 668. The standard InChI is InChI=1S/C13H17FN4O4/c1-7(19)9-10(20)13(16,4-2-5-14)11(22-9)18-6-3-8(15)17-12(18)21/h3,6-7,9-11,19-20H,5,16H2,1H3,(H2,15,17,21)/t7-,9+,10-,11+,13?/m0/s1. The van der Waals surface area contributed by atoms with E-state index in [1.165, 1.54) is 19.2 Å². The van der Waals surface area contributed by atoms with E-state index in [0.29, 0.717) is 0 Å². The topological polar surface area (TPSA) is 137 Å². The van der Waals surface area contributed by atoms with Crippen molar-refractivity contribution in [3.63, 3.8) is 0 Å². The highest BCUT2D eigenvalue weighted by atomic mass is 19.1. The van der Waals surface area contributed by atoms with E-state index in [2.05, 4.69) is 16.8 Å². The van der Waals surface area contributed by atoms with Crippen molar-refractivity contribution in [1.29, 1.82) is 0 Å². The third-order valence-corrected chi connectivity index (χ3v) is 3.45. The summed E-state index contributed by atoms with van der Waals surface area (Å²) in [6, 6.07) is 1.34. The van der Waals surface area contributed by atoms with E-state index >= 15 is 0 Å². The van der Waals surface area contributed by atoms with Crippen molar-refractivity contribution < 1.29 is 19.3 Å². The Hall–Kier alpha value is -1.99. The van der Waals surface area contributed by atoms with E-state index in [-0.39, 0.29) is 5.82 Å². The number of ether oxygens (including phenoxy) is 1. The normalized spacial score (nSPS) is 32.3. The Morgan fingerprint density at radius 2 is 2.36 bits per heavy atom. The molecule has 9 heteroatoms. The molecule has 8 nitrogen and oxygen atoms in total. The average molecular weight is 312 g/mol. The van der Waals surface area contributed by atoms with E-state index in [4.69, 9.17) is 16.2 Å². The Balaban J connectivity index is 2.53. The molecule has 0 spiro atoms. The van der Waals surface area contributed by atoms with Crippen molar-refractivity contribution in [2.24, 2.45) is 5.73 Å². The summed E-state index contributed by atoms with van der Waals surface area (Å²) in [6.45, 7) is 0.413. The number of nitrogens with zero attached hydrogens (tertiary/aromatic N) is 2. The fourth-order valence-corrected chi connectivity index (χ4v) is 2.35. The lowest BCUT2D eigenvalue weighted by Crippen LogP contribution is -2.55. The highest BCUT2D eigenvalue weighted by Gasteiger charge is 2.55. The third kappa shape index (κ3) is 2.69. The van der Waals surface area contributed by atoms with Gasteiger partial charge in [-0.1, -0.05) is 11.8 Å². The molecule has 0 saturated carbocycles.